The van der Waals surface area contributed by atoms with Gasteiger partial charge in [0.1, 0.15) is 32.5 Å². The van der Waals surface area contributed by atoms with Crippen LogP contribution in [0, 0.1) is 11.3 Å². The van der Waals surface area contributed by atoms with E-state index in [0.717, 1.165) is 25.4 Å². The number of ether oxygens (including phenoxy) is 3. The molecule has 7 atom stereocenters. The Bertz CT molecular complexity index is 1910. The van der Waals surface area contributed by atoms with E-state index in [2.05, 4.69) is 105 Å². The van der Waals surface area contributed by atoms with Crippen LogP contribution in [0.15, 0.2) is 67.0 Å². The summed E-state index contributed by atoms with van der Waals surface area (Å²) in [4.78, 5) is 26.0. The number of fused-ring (bicyclic) bond motifs is 4. The van der Waals surface area contributed by atoms with E-state index >= 15 is 0 Å². The highest BCUT2D eigenvalue weighted by Gasteiger charge is 2.64. The van der Waals surface area contributed by atoms with Crippen LogP contribution in [0.4, 0.5) is 5.95 Å². The van der Waals surface area contributed by atoms with Gasteiger partial charge >= 0.3 is 0 Å². The van der Waals surface area contributed by atoms with Crippen molar-refractivity contribution in [3.63, 3.8) is 0 Å². The number of nitrogens with one attached hydrogen (secondary N) is 1. The SMILES string of the molecule is CCC(=O)Nc1nc(OCCC#N)c2ncn([C@@H]3O[C@@]4(CC)COC3[C@H]4O[P@@]3O[C@H](C[Si](C)(c4ccccc4)c4ccccc4)[C@@H]4CCCN43)c2n1. The van der Waals surface area contributed by atoms with Gasteiger partial charge < -0.3 is 23.3 Å². The highest BCUT2D eigenvalue weighted by atomic mass is 31.2. The van der Waals surface area contributed by atoms with Crippen molar-refractivity contribution in [2.45, 2.75) is 94.7 Å². The number of imidazole rings is 1. The predicted molar refractivity (Wildman–Crippen MR) is 198 cm³/mol. The van der Waals surface area contributed by atoms with Crippen LogP contribution in [0.5, 0.6) is 5.88 Å². The van der Waals surface area contributed by atoms with Gasteiger partial charge in [0.25, 0.3) is 8.53 Å². The highest BCUT2D eigenvalue weighted by molar-refractivity contribution is 7.45. The van der Waals surface area contributed by atoms with Gasteiger partial charge in [-0.3, -0.25) is 14.7 Å². The molecule has 8 rings (SSSR count). The molecule has 4 saturated heterocycles. The van der Waals surface area contributed by atoms with Gasteiger partial charge in [0.15, 0.2) is 17.4 Å². The lowest BCUT2D eigenvalue weighted by Crippen LogP contribution is -2.58. The maximum atomic E-state index is 12.3. The Morgan fingerprint density at radius 3 is 2.58 bits per heavy atom. The normalized spacial score (nSPS) is 28.3. The van der Waals surface area contributed by atoms with Crippen molar-refractivity contribution in [3.05, 3.63) is 67.0 Å². The average molecular weight is 742 g/mol. The third-order valence-corrected chi connectivity index (χ3v) is 17.2. The van der Waals surface area contributed by atoms with Gasteiger partial charge in [-0.05, 0) is 25.3 Å². The summed E-state index contributed by atoms with van der Waals surface area (Å²) >= 11 is 0. The van der Waals surface area contributed by atoms with E-state index < -0.39 is 34.5 Å². The molecule has 13 nitrogen and oxygen atoms in total. The number of benzene rings is 2. The largest absolute Gasteiger partial charge is 0.475 e. The molecule has 4 fully saturated rings. The number of rotatable bonds is 13. The first-order valence-corrected chi connectivity index (χ1v) is 22.1. The third kappa shape index (κ3) is 6.22. The van der Waals surface area contributed by atoms with E-state index in [-0.39, 0.29) is 49.4 Å². The van der Waals surface area contributed by atoms with Crippen LogP contribution in [-0.4, -0.2) is 87.9 Å². The van der Waals surface area contributed by atoms with Gasteiger partial charge in [-0.1, -0.05) is 91.4 Å². The maximum absolute atomic E-state index is 12.3. The van der Waals surface area contributed by atoms with E-state index in [4.69, 9.17) is 28.5 Å². The molecule has 2 aromatic heterocycles. The smallest absolute Gasteiger partial charge is 0.259 e. The number of anilines is 1. The van der Waals surface area contributed by atoms with Crippen molar-refractivity contribution >= 4 is 50.0 Å². The minimum atomic E-state index is -2.16. The molecule has 0 aliphatic carbocycles. The number of nitriles is 1. The maximum Gasteiger partial charge on any atom is 0.259 e. The zero-order chi connectivity index (χ0) is 35.9. The minimum absolute atomic E-state index is 0.0467. The standard InChI is InChI=1S/C37H44N7O6PSi/c1-4-29(45)40-36-41-33-30(34(42-36)46-21-13-19-38)39-24-43(33)35-31-32(37(5-2,48-35)23-47-31)50-51-44-20-12-18-27(44)28(49-51)22-52(3,25-14-8-6-9-15-25)26-16-10-7-11-17-26/h6-11,14-17,24,27-28,31-32,35H,4-5,12-13,18,20-23H2,1-3H3,(H,40,41,42,45)/t27-,28+,31?,32+,35+,37-,51+/m0/s1. The average Bonchev–Trinajstić information content (AvgIpc) is 4.01. The lowest BCUT2D eigenvalue weighted by atomic mass is 9.96. The summed E-state index contributed by atoms with van der Waals surface area (Å²) in [5, 5.41) is 14.6. The number of carbonyl (C=O) groups excluding carboxylic acids is 1. The number of carbonyl (C=O) groups is 1. The second-order valence-electron chi connectivity index (χ2n) is 14.1. The first kappa shape index (κ1) is 35.2. The summed E-state index contributed by atoms with van der Waals surface area (Å²) in [6.07, 6.45) is 3.55. The molecule has 2 aromatic carbocycles. The lowest BCUT2D eigenvalue weighted by Gasteiger charge is -2.32. The highest BCUT2D eigenvalue weighted by Crippen LogP contribution is 2.61. The van der Waals surface area contributed by atoms with E-state index in [1.807, 2.05) is 4.57 Å². The van der Waals surface area contributed by atoms with Crippen LogP contribution in [0.1, 0.15) is 52.2 Å². The van der Waals surface area contributed by atoms with Crippen LogP contribution in [0.2, 0.25) is 12.6 Å². The third-order valence-electron chi connectivity index (χ3n) is 11.0. The van der Waals surface area contributed by atoms with Crippen molar-refractivity contribution in [2.75, 3.05) is 25.1 Å². The fraction of sp³-hybridized carbons (Fsp3) is 0.486. The molecule has 52 heavy (non-hydrogen) atoms. The van der Waals surface area contributed by atoms with Crippen LogP contribution in [0.25, 0.3) is 11.2 Å². The van der Waals surface area contributed by atoms with E-state index in [0.29, 0.717) is 30.2 Å². The first-order valence-electron chi connectivity index (χ1n) is 18.2. The number of hydrogen-bond donors (Lipinski definition) is 1. The Morgan fingerprint density at radius 1 is 1.13 bits per heavy atom. The monoisotopic (exact) mass is 741 g/mol. The van der Waals surface area contributed by atoms with Gasteiger partial charge in [-0.15, -0.1) is 0 Å². The molecule has 15 heteroatoms. The van der Waals surface area contributed by atoms with Crippen LogP contribution >= 0.6 is 8.53 Å². The van der Waals surface area contributed by atoms with Crippen molar-refractivity contribution < 1.29 is 28.1 Å². The topological polar surface area (TPSA) is 146 Å². The Morgan fingerprint density at radius 2 is 1.88 bits per heavy atom. The van der Waals surface area contributed by atoms with Gasteiger partial charge in [0.05, 0.1) is 31.5 Å². The molecular formula is C37H44N7O6PSi. The summed E-state index contributed by atoms with van der Waals surface area (Å²) in [7, 11) is -3.53. The summed E-state index contributed by atoms with van der Waals surface area (Å²) in [5.41, 5.74) is 0.131. The Labute approximate surface area is 305 Å². The van der Waals surface area contributed by atoms with Crippen LogP contribution < -0.4 is 20.4 Å². The van der Waals surface area contributed by atoms with Crippen molar-refractivity contribution in [1.82, 2.24) is 24.2 Å². The second-order valence-corrected chi connectivity index (χ2v) is 19.7. The quantitative estimate of drug-likeness (QED) is 0.113. The van der Waals surface area contributed by atoms with E-state index in [1.54, 1.807) is 13.3 Å². The van der Waals surface area contributed by atoms with Gasteiger partial charge in [-0.2, -0.15) is 15.2 Å². The van der Waals surface area contributed by atoms with Crippen LogP contribution in [0.3, 0.4) is 0 Å². The molecule has 4 aliphatic rings. The minimum Gasteiger partial charge on any atom is -0.475 e. The summed E-state index contributed by atoms with van der Waals surface area (Å²) in [5.74, 6) is 0.0350. The van der Waals surface area contributed by atoms with E-state index in [1.165, 1.54) is 10.4 Å². The van der Waals surface area contributed by atoms with E-state index in [9.17, 15) is 4.79 Å². The number of hydrogen-bond acceptors (Lipinski definition) is 11. The lowest BCUT2D eigenvalue weighted by molar-refractivity contribution is -0.172. The van der Waals surface area contributed by atoms with Crippen molar-refractivity contribution in [3.8, 4) is 11.9 Å². The molecule has 1 N–H and O–H groups in total. The number of aromatic nitrogens is 4. The molecule has 0 radical (unpaired) electrons. The Kier molecular flexibility index (Phi) is 9.86. The molecule has 1 unspecified atom stereocenters. The Balaban J connectivity index is 1.07. The Hall–Kier alpha value is -3.80. The molecule has 1 amide bonds. The summed E-state index contributed by atoms with van der Waals surface area (Å²) in [6, 6.07) is 25.2. The molecule has 0 saturated carbocycles. The summed E-state index contributed by atoms with van der Waals surface area (Å²) < 4.78 is 37.6. The molecule has 0 spiro atoms. The fourth-order valence-corrected chi connectivity index (χ4v) is 14.1. The molecule has 2 bridgehead atoms. The zero-order valence-corrected chi connectivity index (χ0v) is 31.6. The van der Waals surface area contributed by atoms with Gasteiger partial charge in [0, 0.05) is 19.0 Å². The predicted octanol–water partition coefficient (Wildman–Crippen LogP) is 4.91. The molecule has 6 heterocycles. The molecular weight excluding hydrogens is 698 g/mol. The fourth-order valence-electron chi connectivity index (χ4n) is 8.12. The van der Waals surface area contributed by atoms with Crippen LogP contribution in [-0.2, 0) is 23.3 Å². The first-order chi connectivity index (χ1) is 25.4. The van der Waals surface area contributed by atoms with Gasteiger partial charge in [-0.25, -0.2) is 9.65 Å². The molecule has 4 aromatic rings. The van der Waals surface area contributed by atoms with Gasteiger partial charge in [0.2, 0.25) is 17.7 Å². The van der Waals surface area contributed by atoms with Crippen molar-refractivity contribution in [2.24, 2.45) is 0 Å². The molecule has 4 aliphatic heterocycles. The zero-order valence-electron chi connectivity index (χ0n) is 29.7. The van der Waals surface area contributed by atoms with Crippen molar-refractivity contribution in [1.29, 1.82) is 5.26 Å². The number of nitrogens with zero attached hydrogens (tertiary/aromatic N) is 6. The second kappa shape index (κ2) is 14.6. The number of amides is 1. The molecule has 272 valence electrons. The summed E-state index contributed by atoms with van der Waals surface area (Å²) in [6.45, 7) is 7.78.